The van der Waals surface area contributed by atoms with Crippen molar-refractivity contribution in [2.45, 2.75) is 82.7 Å². The average Bonchev–Trinajstić information content (AvgIpc) is 3.12. The molecule has 0 saturated carbocycles. The van der Waals surface area contributed by atoms with Gasteiger partial charge in [-0.15, -0.1) is 0 Å². The van der Waals surface area contributed by atoms with Gasteiger partial charge in [0.2, 0.25) is 0 Å². The fourth-order valence-electron chi connectivity index (χ4n) is 5.72. The standard InChI is InChI=1S/C38H44O11/c1-26(39)43-24-32-34(48-27(2)40)31(19-20-42-32)44-25-33-35(45-21-28-13-7-4-8-14-28)36(46-22-29-15-9-5-10-16-29)37(38(41-3)49-33)47-23-30-17-11-6-12-18-30/h4-20,31-38H,21-25H2,1-3H3/t31-,32+,33+,34+,35+,36-,37+,38-/m0/s1. The summed E-state index contributed by atoms with van der Waals surface area (Å²) in [6.45, 7) is 3.34. The Labute approximate surface area is 286 Å². The Balaban J connectivity index is 1.41. The number of rotatable bonds is 16. The van der Waals surface area contributed by atoms with Gasteiger partial charge in [0, 0.05) is 21.0 Å². The van der Waals surface area contributed by atoms with E-state index in [4.69, 9.17) is 42.6 Å². The molecule has 262 valence electrons. The first-order valence-corrected chi connectivity index (χ1v) is 16.3. The van der Waals surface area contributed by atoms with Gasteiger partial charge in [-0.3, -0.25) is 9.59 Å². The highest BCUT2D eigenvalue weighted by Gasteiger charge is 2.49. The number of methoxy groups -OCH3 is 1. The van der Waals surface area contributed by atoms with Crippen LogP contribution in [0.15, 0.2) is 103 Å². The van der Waals surface area contributed by atoms with Crippen LogP contribution in [0.25, 0.3) is 0 Å². The van der Waals surface area contributed by atoms with Crippen molar-refractivity contribution in [1.82, 2.24) is 0 Å². The van der Waals surface area contributed by atoms with Gasteiger partial charge in [0.05, 0.1) is 32.7 Å². The number of hydrogen-bond donors (Lipinski definition) is 0. The Morgan fingerprint density at radius 2 is 1.14 bits per heavy atom. The lowest BCUT2D eigenvalue weighted by Gasteiger charge is -2.46. The monoisotopic (exact) mass is 676 g/mol. The van der Waals surface area contributed by atoms with Gasteiger partial charge in [0.15, 0.2) is 18.5 Å². The molecule has 8 atom stereocenters. The molecule has 2 aliphatic rings. The van der Waals surface area contributed by atoms with Crippen LogP contribution >= 0.6 is 0 Å². The Morgan fingerprint density at radius 3 is 1.65 bits per heavy atom. The van der Waals surface area contributed by atoms with Gasteiger partial charge in [-0.05, 0) is 22.8 Å². The molecule has 3 aromatic rings. The van der Waals surface area contributed by atoms with E-state index in [0.29, 0.717) is 13.2 Å². The second kappa shape index (κ2) is 18.6. The summed E-state index contributed by atoms with van der Waals surface area (Å²) in [7, 11) is 1.55. The molecule has 0 radical (unpaired) electrons. The molecule has 0 N–H and O–H groups in total. The van der Waals surface area contributed by atoms with E-state index >= 15 is 0 Å². The normalized spacial score (nSPS) is 26.4. The third-order valence-corrected chi connectivity index (χ3v) is 8.10. The highest BCUT2D eigenvalue weighted by Crippen LogP contribution is 2.32. The first-order valence-electron chi connectivity index (χ1n) is 16.3. The number of esters is 2. The van der Waals surface area contributed by atoms with Crippen LogP contribution in [0.5, 0.6) is 0 Å². The molecule has 1 saturated heterocycles. The molecule has 2 aliphatic heterocycles. The van der Waals surface area contributed by atoms with E-state index in [0.717, 1.165) is 16.7 Å². The van der Waals surface area contributed by atoms with E-state index in [1.165, 1.54) is 20.1 Å². The molecular weight excluding hydrogens is 632 g/mol. The predicted molar refractivity (Wildman–Crippen MR) is 177 cm³/mol. The topological polar surface area (TPSA) is 117 Å². The van der Waals surface area contributed by atoms with Crippen LogP contribution in [-0.2, 0) is 72.0 Å². The molecular formula is C38H44O11. The third kappa shape index (κ3) is 10.7. The van der Waals surface area contributed by atoms with E-state index in [1.54, 1.807) is 13.2 Å². The zero-order valence-corrected chi connectivity index (χ0v) is 28.0. The van der Waals surface area contributed by atoms with Crippen molar-refractivity contribution < 1.29 is 52.2 Å². The SMILES string of the molecule is CO[C@H]1O[C@H](CO[C@H]2C=CO[C@H](COC(C)=O)[C@@H]2OC(C)=O)[C@@H](OCc2ccccc2)[C@H](OCc2ccccc2)[C@H]1OCc1ccccc1. The van der Waals surface area contributed by atoms with Crippen LogP contribution in [0.1, 0.15) is 30.5 Å². The molecule has 49 heavy (non-hydrogen) atoms. The largest absolute Gasteiger partial charge is 0.491 e. The van der Waals surface area contributed by atoms with Gasteiger partial charge < -0.3 is 42.6 Å². The Morgan fingerprint density at radius 1 is 0.612 bits per heavy atom. The van der Waals surface area contributed by atoms with Crippen LogP contribution < -0.4 is 0 Å². The fourth-order valence-corrected chi connectivity index (χ4v) is 5.72. The van der Waals surface area contributed by atoms with Crippen molar-refractivity contribution in [3.8, 4) is 0 Å². The molecule has 2 heterocycles. The van der Waals surface area contributed by atoms with Crippen molar-refractivity contribution >= 4 is 11.9 Å². The van der Waals surface area contributed by atoms with Crippen molar-refractivity contribution in [2.24, 2.45) is 0 Å². The highest BCUT2D eigenvalue weighted by atomic mass is 16.7. The smallest absolute Gasteiger partial charge is 0.303 e. The molecule has 5 rings (SSSR count). The summed E-state index contributed by atoms with van der Waals surface area (Å²) in [5.74, 6) is -1.02. The molecule has 0 unspecified atom stereocenters. The number of carbonyl (C=O) groups excluding carboxylic acids is 2. The maximum atomic E-state index is 12.1. The molecule has 0 spiro atoms. The summed E-state index contributed by atoms with van der Waals surface area (Å²) in [6, 6.07) is 29.5. The summed E-state index contributed by atoms with van der Waals surface area (Å²) >= 11 is 0. The summed E-state index contributed by atoms with van der Waals surface area (Å²) in [5, 5.41) is 0. The van der Waals surface area contributed by atoms with E-state index in [-0.39, 0.29) is 19.8 Å². The second-order valence-corrected chi connectivity index (χ2v) is 11.7. The molecule has 0 aromatic heterocycles. The predicted octanol–water partition coefficient (Wildman–Crippen LogP) is 4.91. The fraction of sp³-hybridized carbons (Fsp3) is 0.421. The summed E-state index contributed by atoms with van der Waals surface area (Å²) in [5.41, 5.74) is 2.93. The Kier molecular flexibility index (Phi) is 13.7. The molecule has 1 fully saturated rings. The van der Waals surface area contributed by atoms with Crippen molar-refractivity contribution in [3.63, 3.8) is 0 Å². The lowest BCUT2D eigenvalue weighted by molar-refractivity contribution is -0.324. The molecule has 0 aliphatic carbocycles. The minimum absolute atomic E-state index is 0.00295. The molecule has 11 heteroatoms. The minimum atomic E-state index is -0.889. The Bertz CT molecular complexity index is 1450. The van der Waals surface area contributed by atoms with Crippen molar-refractivity contribution in [1.29, 1.82) is 0 Å². The van der Waals surface area contributed by atoms with Gasteiger partial charge in [0.1, 0.15) is 37.1 Å². The first-order chi connectivity index (χ1) is 23.9. The number of carbonyl (C=O) groups is 2. The molecule has 11 nitrogen and oxygen atoms in total. The third-order valence-electron chi connectivity index (χ3n) is 8.10. The van der Waals surface area contributed by atoms with E-state index in [9.17, 15) is 9.59 Å². The van der Waals surface area contributed by atoms with Crippen LogP contribution in [-0.4, -0.2) is 81.3 Å². The summed E-state index contributed by atoms with van der Waals surface area (Å²) in [4.78, 5) is 23.6. The van der Waals surface area contributed by atoms with E-state index in [1.807, 2.05) is 91.0 Å². The zero-order chi connectivity index (χ0) is 34.4. The van der Waals surface area contributed by atoms with Gasteiger partial charge in [0.25, 0.3) is 0 Å². The van der Waals surface area contributed by atoms with Gasteiger partial charge >= 0.3 is 11.9 Å². The quantitative estimate of drug-likeness (QED) is 0.193. The first kappa shape index (κ1) is 36.2. The zero-order valence-electron chi connectivity index (χ0n) is 28.0. The number of hydrogen-bond acceptors (Lipinski definition) is 11. The lowest BCUT2D eigenvalue weighted by atomic mass is 9.97. The molecule has 0 bridgehead atoms. The maximum absolute atomic E-state index is 12.1. The van der Waals surface area contributed by atoms with E-state index < -0.39 is 61.0 Å². The minimum Gasteiger partial charge on any atom is -0.491 e. The number of benzene rings is 3. The van der Waals surface area contributed by atoms with Crippen LogP contribution in [0.3, 0.4) is 0 Å². The van der Waals surface area contributed by atoms with Crippen LogP contribution in [0, 0.1) is 0 Å². The van der Waals surface area contributed by atoms with Gasteiger partial charge in [-0.1, -0.05) is 91.0 Å². The van der Waals surface area contributed by atoms with Crippen LogP contribution in [0.4, 0.5) is 0 Å². The average molecular weight is 677 g/mol. The summed E-state index contributed by atoms with van der Waals surface area (Å²) < 4.78 is 54.9. The molecule has 3 aromatic carbocycles. The number of ether oxygens (including phenoxy) is 9. The van der Waals surface area contributed by atoms with Crippen molar-refractivity contribution in [2.75, 3.05) is 20.3 Å². The second-order valence-electron chi connectivity index (χ2n) is 11.7. The van der Waals surface area contributed by atoms with Gasteiger partial charge in [-0.2, -0.15) is 0 Å². The molecule has 0 amide bonds. The highest BCUT2D eigenvalue weighted by molar-refractivity contribution is 5.66. The van der Waals surface area contributed by atoms with Crippen LogP contribution in [0.2, 0.25) is 0 Å². The summed E-state index contributed by atoms with van der Waals surface area (Å²) in [6.07, 6.45) is -2.85. The van der Waals surface area contributed by atoms with E-state index in [2.05, 4.69) is 0 Å². The van der Waals surface area contributed by atoms with Crippen molar-refractivity contribution in [3.05, 3.63) is 120 Å². The maximum Gasteiger partial charge on any atom is 0.303 e. The lowest BCUT2D eigenvalue weighted by Crippen LogP contribution is -2.62. The Hall–Kier alpha value is -4.10. The van der Waals surface area contributed by atoms with Gasteiger partial charge in [-0.25, -0.2) is 0 Å².